The number of hydrogen-bond acceptors (Lipinski definition) is 2. The van der Waals surface area contributed by atoms with Crippen molar-refractivity contribution in [3.8, 4) is 0 Å². The van der Waals surface area contributed by atoms with Crippen LogP contribution in [0.15, 0.2) is 90.9 Å². The van der Waals surface area contributed by atoms with Crippen LogP contribution in [0.4, 0.5) is 5.69 Å². The summed E-state index contributed by atoms with van der Waals surface area (Å²) in [6, 6.07) is 15.1. The molecule has 0 aliphatic carbocycles. The summed E-state index contributed by atoms with van der Waals surface area (Å²) in [6.45, 7) is 10.7. The van der Waals surface area contributed by atoms with E-state index in [4.69, 9.17) is 0 Å². The summed E-state index contributed by atoms with van der Waals surface area (Å²) in [5.41, 5.74) is 9.57. The largest absolute Gasteiger partial charge is 0.378 e. The molecule has 148 valence electrons. The fourth-order valence-electron chi connectivity index (χ4n) is 3.15. The van der Waals surface area contributed by atoms with Crippen molar-refractivity contribution < 1.29 is 0 Å². The second-order valence-corrected chi connectivity index (χ2v) is 7.79. The summed E-state index contributed by atoms with van der Waals surface area (Å²) in [4.78, 5) is 4.18. The quantitative estimate of drug-likeness (QED) is 0.567. The van der Waals surface area contributed by atoms with Gasteiger partial charge in [-0.2, -0.15) is 0 Å². The Bertz CT molecular complexity index is 1020. The maximum absolute atomic E-state index is 4.22. The second kappa shape index (κ2) is 8.83. The summed E-state index contributed by atoms with van der Waals surface area (Å²) in [6.07, 6.45) is 12.7. The van der Waals surface area contributed by atoms with E-state index >= 15 is 0 Å². The monoisotopic (exact) mass is 382 g/mol. The zero-order chi connectivity index (χ0) is 21.0. The molecule has 3 rings (SSSR count). The van der Waals surface area contributed by atoms with Crippen LogP contribution in [0.2, 0.25) is 0 Å². The third-order valence-corrected chi connectivity index (χ3v) is 5.27. The molecule has 2 nitrogen and oxygen atoms in total. The van der Waals surface area contributed by atoms with Crippen LogP contribution in [0.3, 0.4) is 0 Å². The van der Waals surface area contributed by atoms with E-state index in [1.807, 2.05) is 0 Å². The molecule has 0 saturated carbocycles. The molecule has 0 unspecified atom stereocenters. The van der Waals surface area contributed by atoms with E-state index in [-0.39, 0.29) is 0 Å². The van der Waals surface area contributed by atoms with Crippen LogP contribution in [0.5, 0.6) is 0 Å². The van der Waals surface area contributed by atoms with Crippen LogP contribution < -0.4 is 4.90 Å². The molecule has 0 fully saturated rings. The lowest BCUT2D eigenvalue weighted by molar-refractivity contribution is 0.648. The molecule has 2 aromatic carbocycles. The van der Waals surface area contributed by atoms with Crippen LogP contribution >= 0.6 is 0 Å². The van der Waals surface area contributed by atoms with Gasteiger partial charge in [0.25, 0.3) is 0 Å². The van der Waals surface area contributed by atoms with Crippen LogP contribution in [0, 0.1) is 13.8 Å². The SMILES string of the molecule is C=C1C=C(/C=C/c2ccc(N(C)C)cc2)C=CN1/C=C(\C)c1ccc(C)c(C)c1. The van der Waals surface area contributed by atoms with Gasteiger partial charge in [0, 0.05) is 37.9 Å². The van der Waals surface area contributed by atoms with Crippen LogP contribution in [0.1, 0.15) is 29.2 Å². The first-order valence-corrected chi connectivity index (χ1v) is 9.92. The first-order chi connectivity index (χ1) is 13.8. The number of aryl methyl sites for hydroxylation is 2. The normalized spacial score (nSPS) is 14.5. The van der Waals surface area contributed by atoms with Crippen molar-refractivity contribution in [2.45, 2.75) is 20.8 Å². The van der Waals surface area contributed by atoms with E-state index in [1.165, 1.54) is 33.5 Å². The van der Waals surface area contributed by atoms with Crippen LogP contribution in [-0.2, 0) is 0 Å². The number of benzene rings is 2. The first-order valence-electron chi connectivity index (χ1n) is 9.92. The highest BCUT2D eigenvalue weighted by Crippen LogP contribution is 2.23. The molecule has 1 aliphatic rings. The fraction of sp³-hybridized carbons (Fsp3) is 0.185. The van der Waals surface area contributed by atoms with Gasteiger partial charge in [-0.1, -0.05) is 49.1 Å². The number of allylic oxidation sites excluding steroid dienone is 5. The molecule has 0 amide bonds. The molecule has 0 aromatic heterocycles. The van der Waals surface area contributed by atoms with Gasteiger partial charge in [0.15, 0.2) is 0 Å². The van der Waals surface area contributed by atoms with Crippen molar-refractivity contribution >= 4 is 17.3 Å². The van der Waals surface area contributed by atoms with E-state index in [2.05, 4.69) is 130 Å². The Morgan fingerprint density at radius 2 is 1.69 bits per heavy atom. The topological polar surface area (TPSA) is 6.48 Å². The van der Waals surface area contributed by atoms with Crippen molar-refractivity contribution in [1.82, 2.24) is 4.90 Å². The minimum atomic E-state index is 0.957. The van der Waals surface area contributed by atoms with Gasteiger partial charge in [-0.05, 0) is 78.5 Å². The first kappa shape index (κ1) is 20.5. The van der Waals surface area contributed by atoms with Crippen molar-refractivity contribution in [2.24, 2.45) is 0 Å². The highest BCUT2D eigenvalue weighted by atomic mass is 15.1. The highest BCUT2D eigenvalue weighted by Gasteiger charge is 2.07. The Morgan fingerprint density at radius 1 is 0.966 bits per heavy atom. The Balaban J connectivity index is 1.69. The molecule has 0 atom stereocenters. The summed E-state index contributed by atoms with van der Waals surface area (Å²) < 4.78 is 0. The number of hydrogen-bond donors (Lipinski definition) is 0. The van der Waals surface area contributed by atoms with Crippen LogP contribution in [0.25, 0.3) is 11.6 Å². The van der Waals surface area contributed by atoms with Gasteiger partial charge in [0.1, 0.15) is 0 Å². The average Bonchev–Trinajstić information content (AvgIpc) is 2.70. The zero-order valence-corrected chi connectivity index (χ0v) is 18.1. The van der Waals surface area contributed by atoms with Crippen molar-refractivity contribution in [3.05, 3.63) is 113 Å². The van der Waals surface area contributed by atoms with Gasteiger partial charge < -0.3 is 9.80 Å². The number of anilines is 1. The van der Waals surface area contributed by atoms with E-state index in [9.17, 15) is 0 Å². The molecule has 1 aliphatic heterocycles. The van der Waals surface area contributed by atoms with E-state index < -0.39 is 0 Å². The molecule has 0 bridgehead atoms. The Morgan fingerprint density at radius 3 is 2.31 bits per heavy atom. The minimum Gasteiger partial charge on any atom is -0.378 e. The van der Waals surface area contributed by atoms with Crippen molar-refractivity contribution in [3.63, 3.8) is 0 Å². The molecular weight excluding hydrogens is 352 g/mol. The molecule has 29 heavy (non-hydrogen) atoms. The lowest BCUT2D eigenvalue weighted by Gasteiger charge is -2.21. The number of nitrogens with zero attached hydrogens (tertiary/aromatic N) is 2. The summed E-state index contributed by atoms with van der Waals surface area (Å²) in [5, 5.41) is 0. The maximum Gasteiger partial charge on any atom is 0.0383 e. The predicted octanol–water partition coefficient (Wildman–Crippen LogP) is 6.71. The van der Waals surface area contributed by atoms with Gasteiger partial charge in [0.2, 0.25) is 0 Å². The van der Waals surface area contributed by atoms with Gasteiger partial charge in [-0.3, -0.25) is 0 Å². The van der Waals surface area contributed by atoms with E-state index in [1.54, 1.807) is 0 Å². The lowest BCUT2D eigenvalue weighted by atomic mass is 10.0. The molecule has 0 radical (unpaired) electrons. The van der Waals surface area contributed by atoms with E-state index in [0.717, 1.165) is 11.3 Å². The molecule has 1 heterocycles. The second-order valence-electron chi connectivity index (χ2n) is 7.79. The van der Waals surface area contributed by atoms with Crippen LogP contribution in [-0.4, -0.2) is 19.0 Å². The van der Waals surface area contributed by atoms with Gasteiger partial charge >= 0.3 is 0 Å². The average molecular weight is 383 g/mol. The van der Waals surface area contributed by atoms with Gasteiger partial charge in [-0.15, -0.1) is 0 Å². The Labute approximate surface area is 175 Å². The third-order valence-electron chi connectivity index (χ3n) is 5.27. The standard InChI is InChI=1S/C27H30N2/c1-20-7-12-26(17-21(20)2)22(3)19-29-16-15-25(18-23(29)4)9-8-24-10-13-27(14-11-24)28(5)6/h7-19H,4H2,1-3,5-6H3/b9-8+,22-19+. The molecule has 2 heteroatoms. The Kier molecular flexibility index (Phi) is 6.23. The minimum absolute atomic E-state index is 0.957. The Hall–Kier alpha value is -3.26. The third kappa shape index (κ3) is 5.17. The highest BCUT2D eigenvalue weighted by molar-refractivity contribution is 5.65. The molecule has 0 saturated heterocycles. The number of rotatable bonds is 5. The summed E-state index contributed by atoms with van der Waals surface area (Å²) in [5.74, 6) is 0. The van der Waals surface area contributed by atoms with Crippen molar-refractivity contribution in [2.75, 3.05) is 19.0 Å². The smallest absolute Gasteiger partial charge is 0.0383 e. The lowest BCUT2D eigenvalue weighted by Crippen LogP contribution is -2.10. The summed E-state index contributed by atoms with van der Waals surface area (Å²) >= 11 is 0. The van der Waals surface area contributed by atoms with Gasteiger partial charge in [0.05, 0.1) is 0 Å². The maximum atomic E-state index is 4.22. The van der Waals surface area contributed by atoms with Crippen molar-refractivity contribution in [1.29, 1.82) is 0 Å². The molecule has 0 spiro atoms. The zero-order valence-electron chi connectivity index (χ0n) is 18.1. The molecular formula is C27H30N2. The van der Waals surface area contributed by atoms with E-state index in [0.29, 0.717) is 0 Å². The summed E-state index contributed by atoms with van der Waals surface area (Å²) in [7, 11) is 4.10. The fourth-order valence-corrected chi connectivity index (χ4v) is 3.15. The molecule has 0 N–H and O–H groups in total. The van der Waals surface area contributed by atoms with Gasteiger partial charge in [-0.25, -0.2) is 0 Å². The predicted molar refractivity (Wildman–Crippen MR) is 128 cm³/mol. The molecule has 2 aromatic rings.